The number of aromatic amines is 1. The molecule has 1 aliphatic rings. The van der Waals surface area contributed by atoms with Gasteiger partial charge in [-0.3, -0.25) is 9.89 Å². The lowest BCUT2D eigenvalue weighted by atomic mass is 10.2. The van der Waals surface area contributed by atoms with Gasteiger partial charge in [-0.1, -0.05) is 0 Å². The molecule has 0 radical (unpaired) electrons. The number of methoxy groups -OCH3 is 2. The lowest BCUT2D eigenvalue weighted by Gasteiger charge is -2.32. The molecule has 0 unspecified atom stereocenters. The molecule has 1 aliphatic heterocycles. The van der Waals surface area contributed by atoms with Crippen molar-refractivity contribution in [2.75, 3.05) is 57.7 Å². The van der Waals surface area contributed by atoms with Gasteiger partial charge >= 0.3 is 0 Å². The summed E-state index contributed by atoms with van der Waals surface area (Å²) in [5.74, 6) is 2.38. The first kappa shape index (κ1) is 22.3. The van der Waals surface area contributed by atoms with Crippen LogP contribution >= 0.6 is 0 Å². The van der Waals surface area contributed by atoms with Crippen molar-refractivity contribution in [1.29, 1.82) is 0 Å². The standard InChI is InChI=1S/C22H27N7O4/c1-28-4-6-29(7-5-28)22-23-12-16(13-24-22)21(30)25-19-11-20(27-26-19)33-14-15-8-17(31-2)10-18(9-15)32-3/h8-13H,4-7,14H2,1-3H3,(H2,25,26,27,30). The first-order valence-electron chi connectivity index (χ1n) is 10.5. The van der Waals surface area contributed by atoms with Crippen LogP contribution in [-0.4, -0.2) is 78.4 Å². The van der Waals surface area contributed by atoms with Gasteiger partial charge in [-0.15, -0.1) is 5.10 Å². The lowest BCUT2D eigenvalue weighted by Crippen LogP contribution is -2.45. The third kappa shape index (κ3) is 5.69. The third-order valence-corrected chi connectivity index (χ3v) is 5.29. The molecule has 11 heteroatoms. The van der Waals surface area contributed by atoms with Gasteiger partial charge in [-0.2, -0.15) is 0 Å². The normalized spacial score (nSPS) is 14.1. The number of hydrogen-bond acceptors (Lipinski definition) is 9. The average Bonchev–Trinajstić information content (AvgIpc) is 3.30. The van der Waals surface area contributed by atoms with E-state index < -0.39 is 0 Å². The molecule has 0 saturated carbocycles. The summed E-state index contributed by atoms with van der Waals surface area (Å²) in [5, 5.41) is 9.56. The fourth-order valence-corrected chi connectivity index (χ4v) is 3.35. The molecule has 0 spiro atoms. The zero-order chi connectivity index (χ0) is 23.2. The van der Waals surface area contributed by atoms with E-state index in [1.165, 1.54) is 12.4 Å². The number of anilines is 2. The number of likely N-dealkylation sites (N-methyl/N-ethyl adjacent to an activating group) is 1. The topological polar surface area (TPSA) is 118 Å². The second-order valence-electron chi connectivity index (χ2n) is 7.65. The van der Waals surface area contributed by atoms with Gasteiger partial charge in [0, 0.05) is 50.7 Å². The highest BCUT2D eigenvalue weighted by Crippen LogP contribution is 2.24. The summed E-state index contributed by atoms with van der Waals surface area (Å²) in [5.41, 5.74) is 1.21. The molecule has 0 bridgehead atoms. The molecule has 4 rings (SSSR count). The molecule has 1 aromatic carbocycles. The van der Waals surface area contributed by atoms with E-state index in [0.29, 0.717) is 34.7 Å². The lowest BCUT2D eigenvalue weighted by molar-refractivity contribution is 0.102. The summed E-state index contributed by atoms with van der Waals surface area (Å²) in [6.07, 6.45) is 3.06. The molecule has 0 atom stereocenters. The monoisotopic (exact) mass is 453 g/mol. The number of carbonyl (C=O) groups is 1. The second-order valence-corrected chi connectivity index (χ2v) is 7.65. The van der Waals surface area contributed by atoms with Crippen LogP contribution in [0, 0.1) is 0 Å². The minimum atomic E-state index is -0.340. The Labute approximate surface area is 191 Å². The Hall–Kier alpha value is -3.86. The van der Waals surface area contributed by atoms with E-state index in [9.17, 15) is 4.79 Å². The maximum atomic E-state index is 12.5. The second kappa shape index (κ2) is 10.2. The maximum Gasteiger partial charge on any atom is 0.259 e. The highest BCUT2D eigenvalue weighted by Gasteiger charge is 2.17. The smallest absolute Gasteiger partial charge is 0.259 e. The number of rotatable bonds is 8. The zero-order valence-corrected chi connectivity index (χ0v) is 18.9. The Morgan fingerprint density at radius 1 is 1.03 bits per heavy atom. The number of H-pyrrole nitrogens is 1. The Kier molecular flexibility index (Phi) is 6.89. The summed E-state index contributed by atoms with van der Waals surface area (Å²) in [6, 6.07) is 7.09. The number of carbonyl (C=O) groups excluding carboxylic acids is 1. The summed E-state index contributed by atoms with van der Waals surface area (Å²) in [7, 11) is 5.27. The summed E-state index contributed by atoms with van der Waals surface area (Å²) in [4.78, 5) is 25.6. The van der Waals surface area contributed by atoms with E-state index in [-0.39, 0.29) is 12.5 Å². The van der Waals surface area contributed by atoms with E-state index in [0.717, 1.165) is 31.7 Å². The Morgan fingerprint density at radius 3 is 2.33 bits per heavy atom. The number of amides is 1. The van der Waals surface area contributed by atoms with Gasteiger partial charge in [-0.05, 0) is 24.7 Å². The Morgan fingerprint density at radius 2 is 1.70 bits per heavy atom. The molecule has 174 valence electrons. The first-order valence-corrected chi connectivity index (χ1v) is 10.5. The van der Waals surface area contributed by atoms with Crippen molar-refractivity contribution >= 4 is 17.7 Å². The molecule has 1 amide bonds. The fourth-order valence-electron chi connectivity index (χ4n) is 3.35. The number of hydrogen-bond donors (Lipinski definition) is 2. The maximum absolute atomic E-state index is 12.5. The van der Waals surface area contributed by atoms with E-state index in [2.05, 4.69) is 42.3 Å². The van der Waals surface area contributed by atoms with E-state index in [1.54, 1.807) is 26.4 Å². The third-order valence-electron chi connectivity index (χ3n) is 5.29. The predicted octanol–water partition coefficient (Wildman–Crippen LogP) is 1.80. The molecule has 33 heavy (non-hydrogen) atoms. The molecule has 1 fully saturated rings. The van der Waals surface area contributed by atoms with Crippen molar-refractivity contribution < 1.29 is 19.0 Å². The largest absolute Gasteiger partial charge is 0.497 e. The van der Waals surface area contributed by atoms with Crippen molar-refractivity contribution in [3.8, 4) is 17.4 Å². The van der Waals surface area contributed by atoms with Crippen LogP contribution in [0.1, 0.15) is 15.9 Å². The van der Waals surface area contributed by atoms with Crippen molar-refractivity contribution in [2.24, 2.45) is 0 Å². The number of nitrogens with one attached hydrogen (secondary N) is 2. The SMILES string of the molecule is COc1cc(COc2cc(NC(=O)c3cnc(N4CCN(C)CC4)nc3)[nH]n2)cc(OC)c1. The molecule has 2 N–H and O–H groups in total. The van der Waals surface area contributed by atoms with Gasteiger partial charge in [0.05, 0.1) is 19.8 Å². The minimum absolute atomic E-state index is 0.257. The summed E-state index contributed by atoms with van der Waals surface area (Å²) < 4.78 is 16.2. The molecule has 1 saturated heterocycles. The molecule has 0 aliphatic carbocycles. The Bertz CT molecular complexity index is 1060. The van der Waals surface area contributed by atoms with E-state index in [4.69, 9.17) is 14.2 Å². The van der Waals surface area contributed by atoms with Crippen LogP contribution in [0.4, 0.5) is 11.8 Å². The summed E-state index contributed by atoms with van der Waals surface area (Å²) in [6.45, 7) is 3.90. The minimum Gasteiger partial charge on any atom is -0.497 e. The molecule has 2 aromatic heterocycles. The van der Waals surface area contributed by atoms with Gasteiger partial charge in [0.1, 0.15) is 23.9 Å². The van der Waals surface area contributed by atoms with Gasteiger partial charge in [0.25, 0.3) is 5.91 Å². The molecule has 11 nitrogen and oxygen atoms in total. The van der Waals surface area contributed by atoms with Crippen molar-refractivity contribution in [3.63, 3.8) is 0 Å². The number of piperazine rings is 1. The average molecular weight is 454 g/mol. The quantitative estimate of drug-likeness (QED) is 0.526. The van der Waals surface area contributed by atoms with Crippen LogP contribution in [-0.2, 0) is 6.61 Å². The van der Waals surface area contributed by atoms with Gasteiger partial charge in [0.2, 0.25) is 11.8 Å². The van der Waals surface area contributed by atoms with Crippen LogP contribution in [0.15, 0.2) is 36.7 Å². The molecular weight excluding hydrogens is 426 g/mol. The Balaban J connectivity index is 1.32. The van der Waals surface area contributed by atoms with Crippen molar-refractivity contribution in [3.05, 3.63) is 47.8 Å². The highest BCUT2D eigenvalue weighted by molar-refractivity contribution is 6.03. The number of benzene rings is 1. The fraction of sp³-hybridized carbons (Fsp3) is 0.364. The van der Waals surface area contributed by atoms with Crippen LogP contribution in [0.2, 0.25) is 0 Å². The summed E-state index contributed by atoms with van der Waals surface area (Å²) >= 11 is 0. The van der Waals surface area contributed by atoms with Gasteiger partial charge in [-0.25, -0.2) is 9.97 Å². The van der Waals surface area contributed by atoms with Crippen molar-refractivity contribution in [1.82, 2.24) is 25.1 Å². The highest BCUT2D eigenvalue weighted by atomic mass is 16.5. The molecular formula is C22H27N7O4. The molecule has 3 aromatic rings. The van der Waals surface area contributed by atoms with Gasteiger partial charge in [0.15, 0.2) is 0 Å². The van der Waals surface area contributed by atoms with Crippen LogP contribution < -0.4 is 24.4 Å². The molecule has 3 heterocycles. The van der Waals surface area contributed by atoms with Crippen LogP contribution in [0.25, 0.3) is 0 Å². The first-order chi connectivity index (χ1) is 16.0. The number of nitrogens with zero attached hydrogens (tertiary/aromatic N) is 5. The van der Waals surface area contributed by atoms with Crippen molar-refractivity contribution in [2.45, 2.75) is 6.61 Å². The number of ether oxygens (including phenoxy) is 3. The van der Waals surface area contributed by atoms with Crippen LogP contribution in [0.5, 0.6) is 17.4 Å². The number of aromatic nitrogens is 4. The van der Waals surface area contributed by atoms with E-state index >= 15 is 0 Å². The van der Waals surface area contributed by atoms with Gasteiger partial charge < -0.3 is 29.3 Å². The zero-order valence-electron chi connectivity index (χ0n) is 18.9. The van der Waals surface area contributed by atoms with E-state index in [1.807, 2.05) is 12.1 Å². The predicted molar refractivity (Wildman–Crippen MR) is 122 cm³/mol. The van der Waals surface area contributed by atoms with Crippen LogP contribution in [0.3, 0.4) is 0 Å².